The largest absolute Gasteiger partial charge is 0.485 e. The topological polar surface area (TPSA) is 72.7 Å². The molecule has 0 saturated carbocycles. The molecule has 1 amide bonds. The smallest absolute Gasteiger partial charge is 0.258 e. The highest BCUT2D eigenvalue weighted by atomic mass is 35.5. The maximum Gasteiger partial charge on any atom is 0.258 e. The number of rotatable bonds is 6. The van der Waals surface area contributed by atoms with E-state index in [-0.39, 0.29) is 18.1 Å². The van der Waals surface area contributed by atoms with Crippen molar-refractivity contribution in [3.63, 3.8) is 0 Å². The number of hydrogen-bond donors (Lipinski definition) is 1. The second-order valence-corrected chi connectivity index (χ2v) is 7.61. The highest BCUT2D eigenvalue weighted by Crippen LogP contribution is 2.28. The van der Waals surface area contributed by atoms with Gasteiger partial charge < -0.3 is 10.1 Å². The number of nitrogens with zero attached hydrogens (tertiary/aromatic N) is 2. The van der Waals surface area contributed by atoms with Crippen LogP contribution in [0.4, 0.5) is 5.69 Å². The first-order valence-electron chi connectivity index (χ1n) is 9.01. The number of carbonyl (C=O) groups is 1. The monoisotopic (exact) mass is 437 g/mol. The van der Waals surface area contributed by atoms with Crippen molar-refractivity contribution in [1.29, 1.82) is 0 Å². The van der Waals surface area contributed by atoms with E-state index in [1.54, 1.807) is 35.9 Å². The number of hydrogen-bond acceptors (Lipinski definition) is 5. The van der Waals surface area contributed by atoms with Gasteiger partial charge in [0.15, 0.2) is 4.96 Å². The van der Waals surface area contributed by atoms with Gasteiger partial charge in [-0.2, -0.15) is 0 Å². The second-order valence-electron chi connectivity index (χ2n) is 6.30. The molecule has 30 heavy (non-hydrogen) atoms. The van der Waals surface area contributed by atoms with Gasteiger partial charge in [-0.25, -0.2) is 4.98 Å². The number of benzene rings is 2. The Morgan fingerprint density at radius 2 is 2.03 bits per heavy atom. The van der Waals surface area contributed by atoms with Gasteiger partial charge in [-0.3, -0.25) is 14.0 Å². The van der Waals surface area contributed by atoms with Gasteiger partial charge in [0.2, 0.25) is 5.91 Å². The minimum Gasteiger partial charge on any atom is -0.485 e. The second kappa shape index (κ2) is 8.94. The van der Waals surface area contributed by atoms with Gasteiger partial charge in [0.1, 0.15) is 12.4 Å². The summed E-state index contributed by atoms with van der Waals surface area (Å²) < 4.78 is 7.29. The fourth-order valence-electron chi connectivity index (χ4n) is 2.75. The first-order chi connectivity index (χ1) is 14.6. The van der Waals surface area contributed by atoms with E-state index < -0.39 is 0 Å². The Balaban J connectivity index is 1.49. The molecule has 0 aliphatic heterocycles. The number of halogens is 1. The average molecular weight is 438 g/mol. The molecule has 0 aliphatic carbocycles. The third-order valence-electron chi connectivity index (χ3n) is 4.16. The summed E-state index contributed by atoms with van der Waals surface area (Å²) in [7, 11) is 0. The minimum atomic E-state index is -0.317. The first kappa shape index (κ1) is 19.9. The molecule has 1 N–H and O–H groups in total. The molecule has 4 aromatic rings. The lowest BCUT2D eigenvalue weighted by atomic mass is 10.2. The van der Waals surface area contributed by atoms with Gasteiger partial charge in [-0.15, -0.1) is 11.3 Å². The molecule has 8 heteroatoms. The molecule has 2 heterocycles. The molecule has 4 rings (SSSR count). The van der Waals surface area contributed by atoms with Gasteiger partial charge >= 0.3 is 0 Å². The maximum atomic E-state index is 12.3. The molecule has 0 radical (unpaired) electrons. The normalized spacial score (nSPS) is 11.1. The van der Waals surface area contributed by atoms with Crippen LogP contribution in [-0.4, -0.2) is 15.3 Å². The predicted octanol–water partition coefficient (Wildman–Crippen LogP) is 4.64. The van der Waals surface area contributed by atoms with Crippen LogP contribution in [0.1, 0.15) is 11.3 Å². The number of ether oxygens (including phenoxy) is 1. The van der Waals surface area contributed by atoms with Crippen LogP contribution in [0, 0.1) is 0 Å². The van der Waals surface area contributed by atoms with Crippen LogP contribution in [0.3, 0.4) is 0 Å². The molecule has 0 saturated heterocycles. The van der Waals surface area contributed by atoms with Crippen molar-refractivity contribution in [3.8, 4) is 5.75 Å². The SMILES string of the molecule is O=C(C=Cc1ccccc1)Nc1cc(Cl)ccc1OCc1cc(=O)n2ccsc2n1. The molecule has 0 unspecified atom stereocenters. The number of carbonyl (C=O) groups excluding carboxylic acids is 1. The molecule has 150 valence electrons. The molecule has 0 bridgehead atoms. The van der Waals surface area contributed by atoms with E-state index in [0.717, 1.165) is 5.56 Å². The molecule has 0 atom stereocenters. The Kier molecular flexibility index (Phi) is 5.92. The lowest BCUT2D eigenvalue weighted by Crippen LogP contribution is -2.14. The molecular formula is C22H16ClN3O3S. The van der Waals surface area contributed by atoms with Crippen molar-refractivity contribution >= 4 is 45.6 Å². The molecule has 0 spiro atoms. The molecule has 0 fully saturated rings. The van der Waals surface area contributed by atoms with Gasteiger partial charge in [-0.1, -0.05) is 41.9 Å². The van der Waals surface area contributed by atoms with Crippen molar-refractivity contribution in [2.75, 3.05) is 5.32 Å². The van der Waals surface area contributed by atoms with E-state index in [4.69, 9.17) is 16.3 Å². The quantitative estimate of drug-likeness (QED) is 0.446. The van der Waals surface area contributed by atoms with E-state index in [0.29, 0.717) is 27.1 Å². The standard InChI is InChI=1S/C22H16ClN3O3S/c23-16-7-8-19(29-14-17-13-21(28)26-10-11-30-22(26)24-17)18(12-16)25-20(27)9-6-15-4-2-1-3-5-15/h1-13H,14H2,(H,25,27). The Labute approximate surface area is 181 Å². The zero-order valence-electron chi connectivity index (χ0n) is 15.6. The summed E-state index contributed by atoms with van der Waals surface area (Å²) in [6.07, 6.45) is 4.83. The molecule has 2 aromatic carbocycles. The fraction of sp³-hybridized carbons (Fsp3) is 0.0455. The highest BCUT2D eigenvalue weighted by Gasteiger charge is 2.10. The van der Waals surface area contributed by atoms with Crippen molar-refractivity contribution in [2.45, 2.75) is 6.61 Å². The summed E-state index contributed by atoms with van der Waals surface area (Å²) in [5.41, 5.74) is 1.67. The van der Waals surface area contributed by atoms with Gasteiger partial charge in [0, 0.05) is 28.7 Å². The third kappa shape index (κ3) is 4.76. The number of amides is 1. The van der Waals surface area contributed by atoms with Crippen molar-refractivity contribution < 1.29 is 9.53 Å². The average Bonchev–Trinajstić information content (AvgIpc) is 3.22. The zero-order chi connectivity index (χ0) is 20.9. The van der Waals surface area contributed by atoms with Gasteiger partial charge in [0.05, 0.1) is 11.4 Å². The van der Waals surface area contributed by atoms with E-state index in [2.05, 4.69) is 10.3 Å². The third-order valence-corrected chi connectivity index (χ3v) is 5.15. The van der Waals surface area contributed by atoms with E-state index in [9.17, 15) is 9.59 Å². The lowest BCUT2D eigenvalue weighted by molar-refractivity contribution is -0.111. The summed E-state index contributed by atoms with van der Waals surface area (Å²) in [4.78, 5) is 29.5. The van der Waals surface area contributed by atoms with Crippen molar-refractivity contribution in [3.05, 3.63) is 98.9 Å². The summed E-state index contributed by atoms with van der Waals surface area (Å²) in [5.74, 6) is 0.108. The number of thiazole rings is 1. The number of anilines is 1. The van der Waals surface area contributed by atoms with Crippen LogP contribution >= 0.6 is 22.9 Å². The van der Waals surface area contributed by atoms with Gasteiger partial charge in [-0.05, 0) is 29.8 Å². The number of nitrogens with one attached hydrogen (secondary N) is 1. The van der Waals surface area contributed by atoms with E-state index >= 15 is 0 Å². The Bertz CT molecular complexity index is 1280. The molecular weight excluding hydrogens is 422 g/mol. The first-order valence-corrected chi connectivity index (χ1v) is 10.3. The summed E-state index contributed by atoms with van der Waals surface area (Å²) in [6, 6.07) is 15.9. The van der Waals surface area contributed by atoms with Crippen molar-refractivity contribution in [2.24, 2.45) is 0 Å². The van der Waals surface area contributed by atoms with Crippen LogP contribution in [0.5, 0.6) is 5.75 Å². The summed E-state index contributed by atoms with van der Waals surface area (Å²) in [5, 5.41) is 5.03. The van der Waals surface area contributed by atoms with Crippen LogP contribution < -0.4 is 15.6 Å². The Morgan fingerprint density at radius 1 is 1.20 bits per heavy atom. The number of fused-ring (bicyclic) bond motifs is 1. The fourth-order valence-corrected chi connectivity index (χ4v) is 3.66. The van der Waals surface area contributed by atoms with E-state index in [1.165, 1.54) is 27.9 Å². The van der Waals surface area contributed by atoms with Crippen LogP contribution in [0.25, 0.3) is 11.0 Å². The van der Waals surface area contributed by atoms with Crippen molar-refractivity contribution in [1.82, 2.24) is 9.38 Å². The number of aromatic nitrogens is 2. The maximum absolute atomic E-state index is 12.3. The Morgan fingerprint density at radius 3 is 2.87 bits per heavy atom. The molecule has 0 aliphatic rings. The lowest BCUT2D eigenvalue weighted by Gasteiger charge is -2.12. The van der Waals surface area contributed by atoms with Crippen LogP contribution in [0.2, 0.25) is 5.02 Å². The minimum absolute atomic E-state index is 0.0774. The van der Waals surface area contributed by atoms with Gasteiger partial charge in [0.25, 0.3) is 5.56 Å². The van der Waals surface area contributed by atoms with Crippen LogP contribution in [-0.2, 0) is 11.4 Å². The summed E-state index contributed by atoms with van der Waals surface area (Å²) in [6.45, 7) is 0.0774. The summed E-state index contributed by atoms with van der Waals surface area (Å²) >= 11 is 7.45. The highest BCUT2D eigenvalue weighted by molar-refractivity contribution is 7.15. The zero-order valence-corrected chi connectivity index (χ0v) is 17.2. The Hall–Kier alpha value is -3.42. The predicted molar refractivity (Wildman–Crippen MR) is 119 cm³/mol. The van der Waals surface area contributed by atoms with E-state index in [1.807, 2.05) is 30.3 Å². The molecule has 2 aromatic heterocycles. The molecule has 6 nitrogen and oxygen atoms in total. The van der Waals surface area contributed by atoms with Crippen LogP contribution in [0.15, 0.2) is 77.0 Å².